The number of nitrogens with one attached hydrogen (secondary N) is 3. The lowest BCUT2D eigenvalue weighted by Gasteiger charge is -2.28. The molecule has 12 heteroatoms. The lowest BCUT2D eigenvalue weighted by molar-refractivity contribution is -0.384. The van der Waals surface area contributed by atoms with Crippen molar-refractivity contribution in [3.05, 3.63) is 68.7 Å². The number of amides is 1. The third kappa shape index (κ3) is 6.46. The van der Waals surface area contributed by atoms with Gasteiger partial charge in [-0.3, -0.25) is 14.9 Å². The van der Waals surface area contributed by atoms with Crippen molar-refractivity contribution < 1.29 is 9.72 Å². The molecule has 0 aliphatic rings. The number of thiocarbonyl (C=S) groups is 1. The number of anilines is 1. The van der Waals surface area contributed by atoms with Gasteiger partial charge in [0.1, 0.15) is 6.17 Å². The average molecular weight is 527 g/mol. The van der Waals surface area contributed by atoms with Gasteiger partial charge in [0, 0.05) is 22.3 Å². The highest BCUT2D eigenvalue weighted by Crippen LogP contribution is 2.30. The van der Waals surface area contributed by atoms with Gasteiger partial charge >= 0.3 is 0 Å². The number of carbonyl (C=O) groups excluding carboxylic acids is 1. The van der Waals surface area contributed by atoms with E-state index in [4.69, 9.17) is 47.0 Å². The Bertz CT molecular complexity index is 911. The van der Waals surface area contributed by atoms with Crippen molar-refractivity contribution in [1.29, 1.82) is 0 Å². The summed E-state index contributed by atoms with van der Waals surface area (Å²) in [5, 5.41) is 18.8. The van der Waals surface area contributed by atoms with Crippen molar-refractivity contribution in [2.24, 2.45) is 0 Å². The molecular formula is C16H12BrCl3N4O3S. The predicted octanol–water partition coefficient (Wildman–Crippen LogP) is 4.77. The standard InChI is InChI=1S/C16H12BrCl3N4O3S/c17-12-7-2-1-6-11(12)13(25)22-14(16(18,19)20)23-15(28)21-9-4-3-5-10(8-9)24(26)27/h1-8,14H,(H,22,25)(H2,21,23,28)/t14-/m0/s1. The third-order valence-electron chi connectivity index (χ3n) is 3.31. The second-order valence-electron chi connectivity index (χ2n) is 5.33. The molecule has 0 unspecified atom stereocenters. The van der Waals surface area contributed by atoms with Gasteiger partial charge in [-0.05, 0) is 46.3 Å². The highest BCUT2D eigenvalue weighted by atomic mass is 79.9. The zero-order valence-corrected chi connectivity index (χ0v) is 18.5. The van der Waals surface area contributed by atoms with E-state index in [-0.39, 0.29) is 10.8 Å². The van der Waals surface area contributed by atoms with Crippen molar-refractivity contribution >= 4 is 85.3 Å². The minimum atomic E-state index is -1.94. The van der Waals surface area contributed by atoms with Crippen LogP contribution >= 0.6 is 63.0 Å². The van der Waals surface area contributed by atoms with Crippen LogP contribution in [0, 0.1) is 10.1 Å². The molecule has 3 N–H and O–H groups in total. The second-order valence-corrected chi connectivity index (χ2v) is 8.97. The van der Waals surface area contributed by atoms with E-state index in [1.807, 2.05) is 0 Å². The molecule has 28 heavy (non-hydrogen) atoms. The molecule has 1 amide bonds. The summed E-state index contributed by atoms with van der Waals surface area (Å²) in [5.41, 5.74) is 0.570. The number of nitrogens with zero attached hydrogens (tertiary/aromatic N) is 1. The highest BCUT2D eigenvalue weighted by molar-refractivity contribution is 9.10. The number of nitro groups is 1. The summed E-state index contributed by atoms with van der Waals surface area (Å²) >= 11 is 26.3. The van der Waals surface area contributed by atoms with Crippen LogP contribution < -0.4 is 16.0 Å². The Morgan fingerprint density at radius 1 is 1.14 bits per heavy atom. The van der Waals surface area contributed by atoms with Gasteiger partial charge in [0.25, 0.3) is 11.6 Å². The number of carbonyl (C=O) groups is 1. The summed E-state index contributed by atoms with van der Waals surface area (Å²) in [7, 11) is 0. The smallest absolute Gasteiger partial charge is 0.271 e. The topological polar surface area (TPSA) is 96.3 Å². The van der Waals surface area contributed by atoms with Crippen LogP contribution in [0.5, 0.6) is 0 Å². The van der Waals surface area contributed by atoms with Gasteiger partial charge in [-0.2, -0.15) is 0 Å². The van der Waals surface area contributed by atoms with Crippen LogP contribution in [0.1, 0.15) is 10.4 Å². The summed E-state index contributed by atoms with van der Waals surface area (Å²) in [4.78, 5) is 22.8. The molecule has 0 aromatic heterocycles. The molecule has 2 aromatic rings. The first-order valence-corrected chi connectivity index (χ1v) is 9.85. The van der Waals surface area contributed by atoms with E-state index in [1.165, 1.54) is 18.2 Å². The Balaban J connectivity index is 2.11. The first kappa shape index (κ1) is 22.6. The van der Waals surface area contributed by atoms with E-state index in [0.29, 0.717) is 15.7 Å². The number of hydrogen-bond donors (Lipinski definition) is 3. The fraction of sp³-hybridized carbons (Fsp3) is 0.125. The Kier molecular flexibility index (Phi) is 7.85. The van der Waals surface area contributed by atoms with E-state index >= 15 is 0 Å². The van der Waals surface area contributed by atoms with Gasteiger partial charge in [-0.15, -0.1) is 0 Å². The van der Waals surface area contributed by atoms with Crippen molar-refractivity contribution in [2.75, 3.05) is 5.32 Å². The van der Waals surface area contributed by atoms with Crippen LogP contribution in [0.4, 0.5) is 11.4 Å². The lowest BCUT2D eigenvalue weighted by atomic mass is 10.2. The van der Waals surface area contributed by atoms with Gasteiger partial charge in [-0.1, -0.05) is 53.0 Å². The number of non-ortho nitro benzene ring substituents is 1. The van der Waals surface area contributed by atoms with E-state index in [1.54, 1.807) is 30.3 Å². The molecule has 0 saturated heterocycles. The Labute approximate surface area is 189 Å². The molecule has 148 valence electrons. The van der Waals surface area contributed by atoms with Crippen molar-refractivity contribution in [3.8, 4) is 0 Å². The predicted molar refractivity (Wildman–Crippen MR) is 118 cm³/mol. The van der Waals surface area contributed by atoms with Crippen molar-refractivity contribution in [2.45, 2.75) is 9.96 Å². The van der Waals surface area contributed by atoms with Gasteiger partial charge in [-0.25, -0.2) is 0 Å². The number of halogens is 4. The molecule has 2 rings (SSSR count). The molecule has 0 spiro atoms. The molecule has 0 bridgehead atoms. The zero-order valence-electron chi connectivity index (χ0n) is 13.8. The quantitative estimate of drug-likeness (QED) is 0.171. The summed E-state index contributed by atoms with van der Waals surface area (Å²) in [5.74, 6) is -0.505. The lowest BCUT2D eigenvalue weighted by Crippen LogP contribution is -2.56. The maximum absolute atomic E-state index is 12.5. The zero-order chi connectivity index (χ0) is 20.9. The monoisotopic (exact) mass is 524 g/mol. The average Bonchev–Trinajstić information content (AvgIpc) is 2.60. The third-order valence-corrected chi connectivity index (χ3v) is 4.88. The molecule has 1 atom stereocenters. The summed E-state index contributed by atoms with van der Waals surface area (Å²) in [6, 6.07) is 12.4. The van der Waals surface area contributed by atoms with E-state index in [9.17, 15) is 14.9 Å². The Morgan fingerprint density at radius 2 is 1.82 bits per heavy atom. The van der Waals surface area contributed by atoms with Crippen molar-refractivity contribution in [3.63, 3.8) is 0 Å². The van der Waals surface area contributed by atoms with Crippen LogP contribution in [0.2, 0.25) is 0 Å². The summed E-state index contributed by atoms with van der Waals surface area (Å²) in [6.07, 6.45) is -1.18. The molecule has 0 heterocycles. The molecule has 0 radical (unpaired) electrons. The van der Waals surface area contributed by atoms with Gasteiger partial charge < -0.3 is 16.0 Å². The summed E-state index contributed by atoms with van der Waals surface area (Å²) in [6.45, 7) is 0. The molecular weight excluding hydrogens is 515 g/mol. The molecule has 0 aliphatic heterocycles. The maximum atomic E-state index is 12.5. The van der Waals surface area contributed by atoms with Gasteiger partial charge in [0.05, 0.1) is 10.5 Å². The van der Waals surface area contributed by atoms with Crippen LogP contribution in [0.15, 0.2) is 53.0 Å². The van der Waals surface area contributed by atoms with E-state index in [0.717, 1.165) is 0 Å². The van der Waals surface area contributed by atoms with E-state index < -0.39 is 20.8 Å². The fourth-order valence-electron chi connectivity index (χ4n) is 2.05. The fourth-order valence-corrected chi connectivity index (χ4v) is 3.08. The largest absolute Gasteiger partial charge is 0.339 e. The number of benzene rings is 2. The van der Waals surface area contributed by atoms with Crippen LogP contribution in [0.3, 0.4) is 0 Å². The summed E-state index contributed by atoms with van der Waals surface area (Å²) < 4.78 is -1.38. The van der Waals surface area contributed by atoms with E-state index in [2.05, 4.69) is 31.9 Å². The van der Waals surface area contributed by atoms with Gasteiger partial charge in [0.15, 0.2) is 5.11 Å². The second kappa shape index (κ2) is 9.71. The maximum Gasteiger partial charge on any atom is 0.271 e. The van der Waals surface area contributed by atoms with Crippen molar-refractivity contribution in [1.82, 2.24) is 10.6 Å². The Morgan fingerprint density at radius 3 is 2.43 bits per heavy atom. The number of hydrogen-bond acceptors (Lipinski definition) is 4. The number of rotatable bonds is 5. The van der Waals surface area contributed by atoms with Crippen LogP contribution in [-0.2, 0) is 0 Å². The molecule has 0 fully saturated rings. The van der Waals surface area contributed by atoms with Crippen LogP contribution in [-0.4, -0.2) is 25.9 Å². The number of alkyl halides is 3. The molecule has 7 nitrogen and oxygen atoms in total. The van der Waals surface area contributed by atoms with Crippen LogP contribution in [0.25, 0.3) is 0 Å². The minimum Gasteiger partial charge on any atom is -0.339 e. The van der Waals surface area contributed by atoms with Gasteiger partial charge in [0.2, 0.25) is 3.79 Å². The highest BCUT2D eigenvalue weighted by Gasteiger charge is 2.35. The molecule has 0 aliphatic carbocycles. The first-order chi connectivity index (χ1) is 13.1. The Hall–Kier alpha value is -1.65. The molecule has 0 saturated carbocycles. The normalized spacial score (nSPS) is 12.0. The molecule has 2 aromatic carbocycles. The minimum absolute atomic E-state index is 0.00995. The number of nitro benzene ring substituents is 1. The SMILES string of the molecule is O=C(N[C@@H](NC(=S)Nc1cccc([N+](=O)[O-])c1)C(Cl)(Cl)Cl)c1ccccc1Br. The first-order valence-electron chi connectivity index (χ1n) is 7.52.